The quantitative estimate of drug-likeness (QED) is 0.562. The highest BCUT2D eigenvalue weighted by atomic mass is 32.2. The van der Waals surface area contributed by atoms with E-state index >= 15 is 0 Å². The third kappa shape index (κ3) is 0.966. The van der Waals surface area contributed by atoms with E-state index in [0.717, 1.165) is 4.31 Å². The van der Waals surface area contributed by atoms with E-state index in [-0.39, 0.29) is 10.8 Å². The maximum absolute atomic E-state index is 11.5. The number of fused-ring (bicyclic) bond motifs is 1. The number of carbonyl (C=O) groups excluding carboxylic acids is 1. The van der Waals surface area contributed by atoms with Crippen LogP contribution in [-0.4, -0.2) is 25.7 Å². The number of amides is 1. The van der Waals surface area contributed by atoms with Crippen LogP contribution in [0.4, 0.5) is 0 Å². The molecule has 1 aliphatic heterocycles. The Kier molecular flexibility index (Phi) is 1.60. The molecule has 0 aromatic heterocycles. The smallest absolute Gasteiger partial charge is 0.263 e. The van der Waals surface area contributed by atoms with Crippen molar-refractivity contribution in [2.75, 3.05) is 7.05 Å². The van der Waals surface area contributed by atoms with Gasteiger partial charge in [0.15, 0.2) is 0 Å². The fourth-order valence-corrected chi connectivity index (χ4v) is 3.08. The number of carbonyl (C=O) groups is 1. The lowest BCUT2D eigenvalue weighted by Gasteiger charge is -2.06. The second-order valence-corrected chi connectivity index (χ2v) is 5.07. The number of rotatable bonds is 0. The minimum Gasteiger partial charge on any atom is -0.273 e. The number of hydrogen-bond donors (Lipinski definition) is 0. The van der Waals surface area contributed by atoms with Crippen LogP contribution in [0.5, 0.6) is 0 Å². The molecule has 0 aromatic rings. The van der Waals surface area contributed by atoms with Gasteiger partial charge in [0, 0.05) is 7.05 Å². The van der Waals surface area contributed by atoms with Crippen LogP contribution in [0.2, 0.25) is 0 Å². The highest BCUT2D eigenvalue weighted by Crippen LogP contribution is 2.35. The summed E-state index contributed by atoms with van der Waals surface area (Å²) in [6.07, 6.45) is 5.48. The second-order valence-electron chi connectivity index (χ2n) is 3.10. The Labute approximate surface area is 76.6 Å². The van der Waals surface area contributed by atoms with E-state index < -0.39 is 15.9 Å². The summed E-state index contributed by atoms with van der Waals surface area (Å²) in [5.41, 5.74) is 0. The number of nitrogens with zero attached hydrogens (tertiary/aromatic N) is 1. The SMILES string of the molecule is CN1C(=O)C2CC=CC=C2S1(=O)=O. The van der Waals surface area contributed by atoms with Gasteiger partial charge in [-0.15, -0.1) is 0 Å². The van der Waals surface area contributed by atoms with Crippen LogP contribution in [0.1, 0.15) is 6.42 Å². The Morgan fingerprint density at radius 3 is 2.85 bits per heavy atom. The number of hydrogen-bond acceptors (Lipinski definition) is 3. The molecular weight excluding hydrogens is 190 g/mol. The Morgan fingerprint density at radius 2 is 2.23 bits per heavy atom. The van der Waals surface area contributed by atoms with Crippen LogP contribution in [0, 0.1) is 5.92 Å². The van der Waals surface area contributed by atoms with Gasteiger partial charge >= 0.3 is 0 Å². The minimum absolute atomic E-state index is 0.238. The summed E-state index contributed by atoms with van der Waals surface area (Å²) in [6, 6.07) is 0. The van der Waals surface area contributed by atoms with Crippen LogP contribution in [0.3, 0.4) is 0 Å². The molecule has 13 heavy (non-hydrogen) atoms. The topological polar surface area (TPSA) is 54.5 Å². The van der Waals surface area contributed by atoms with Crippen molar-refractivity contribution in [2.45, 2.75) is 6.42 Å². The van der Waals surface area contributed by atoms with Crippen molar-refractivity contribution in [3.05, 3.63) is 23.1 Å². The largest absolute Gasteiger partial charge is 0.273 e. The summed E-state index contributed by atoms with van der Waals surface area (Å²) in [6.45, 7) is 0. The molecule has 0 aromatic carbocycles. The third-order valence-electron chi connectivity index (χ3n) is 2.38. The molecular formula is C8H9NO3S. The van der Waals surface area contributed by atoms with Crippen molar-refractivity contribution < 1.29 is 13.2 Å². The Hall–Kier alpha value is -1.10. The van der Waals surface area contributed by atoms with Gasteiger partial charge in [-0.25, -0.2) is 12.7 Å². The molecule has 70 valence electrons. The number of sulfonamides is 1. The van der Waals surface area contributed by atoms with Crippen molar-refractivity contribution in [3.63, 3.8) is 0 Å². The van der Waals surface area contributed by atoms with Crippen molar-refractivity contribution in [2.24, 2.45) is 5.92 Å². The van der Waals surface area contributed by atoms with Gasteiger partial charge in [0.25, 0.3) is 10.0 Å². The fourth-order valence-electron chi connectivity index (χ4n) is 1.59. The summed E-state index contributed by atoms with van der Waals surface area (Å²) < 4.78 is 23.9. The van der Waals surface area contributed by atoms with Crippen molar-refractivity contribution in [3.8, 4) is 0 Å². The molecule has 2 rings (SSSR count). The van der Waals surface area contributed by atoms with Crippen LogP contribution >= 0.6 is 0 Å². The minimum atomic E-state index is -3.48. The molecule has 4 nitrogen and oxygen atoms in total. The highest BCUT2D eigenvalue weighted by molar-refractivity contribution is 7.94. The monoisotopic (exact) mass is 199 g/mol. The van der Waals surface area contributed by atoms with Gasteiger partial charge in [-0.1, -0.05) is 12.2 Å². The molecule has 1 amide bonds. The number of allylic oxidation sites excluding steroid dienone is 3. The molecule has 1 atom stereocenters. The summed E-state index contributed by atoms with van der Waals surface area (Å²) in [7, 11) is -2.18. The predicted octanol–water partition coefficient (Wildman–Crippen LogP) is 0.248. The van der Waals surface area contributed by atoms with Gasteiger partial charge in [-0.2, -0.15) is 0 Å². The molecule has 0 saturated carbocycles. The van der Waals surface area contributed by atoms with Crippen molar-refractivity contribution >= 4 is 15.9 Å². The van der Waals surface area contributed by atoms with Crippen LogP contribution < -0.4 is 0 Å². The first-order chi connectivity index (χ1) is 6.05. The Bertz CT molecular complexity index is 419. The average molecular weight is 199 g/mol. The Morgan fingerprint density at radius 1 is 1.54 bits per heavy atom. The molecule has 1 aliphatic carbocycles. The molecule has 0 spiro atoms. The van der Waals surface area contributed by atoms with E-state index in [0.29, 0.717) is 6.42 Å². The lowest BCUT2D eigenvalue weighted by atomic mass is 10.00. The van der Waals surface area contributed by atoms with Gasteiger partial charge in [0.1, 0.15) is 0 Å². The molecule has 1 heterocycles. The van der Waals surface area contributed by atoms with E-state index in [9.17, 15) is 13.2 Å². The maximum Gasteiger partial charge on any atom is 0.263 e. The summed E-state index contributed by atoms with van der Waals surface area (Å²) in [5.74, 6) is -0.796. The summed E-state index contributed by atoms with van der Waals surface area (Å²) >= 11 is 0. The van der Waals surface area contributed by atoms with Gasteiger partial charge in [0.05, 0.1) is 10.8 Å². The first-order valence-corrected chi connectivity index (χ1v) is 5.38. The summed E-state index contributed by atoms with van der Waals surface area (Å²) in [4.78, 5) is 11.7. The Balaban J connectivity index is 2.61. The zero-order chi connectivity index (χ0) is 9.64. The molecule has 1 fully saturated rings. The molecule has 0 N–H and O–H groups in total. The molecule has 1 saturated heterocycles. The van der Waals surface area contributed by atoms with E-state index in [4.69, 9.17) is 0 Å². The first kappa shape index (κ1) is 8.50. The lowest BCUT2D eigenvalue weighted by molar-refractivity contribution is -0.127. The van der Waals surface area contributed by atoms with E-state index in [1.807, 2.05) is 0 Å². The van der Waals surface area contributed by atoms with Crippen molar-refractivity contribution in [1.29, 1.82) is 0 Å². The normalized spacial score (nSPS) is 30.2. The fraction of sp³-hybridized carbons (Fsp3) is 0.375. The third-order valence-corrected chi connectivity index (χ3v) is 4.30. The maximum atomic E-state index is 11.5. The highest BCUT2D eigenvalue weighted by Gasteiger charge is 2.45. The zero-order valence-corrected chi connectivity index (χ0v) is 7.91. The van der Waals surface area contributed by atoms with Gasteiger partial charge < -0.3 is 0 Å². The van der Waals surface area contributed by atoms with Crippen LogP contribution in [0.25, 0.3) is 0 Å². The molecule has 2 aliphatic rings. The second kappa shape index (κ2) is 2.45. The molecule has 0 bridgehead atoms. The molecule has 1 unspecified atom stereocenters. The van der Waals surface area contributed by atoms with Gasteiger partial charge in [0.2, 0.25) is 5.91 Å². The first-order valence-electron chi connectivity index (χ1n) is 3.94. The van der Waals surface area contributed by atoms with E-state index in [1.54, 1.807) is 12.2 Å². The van der Waals surface area contributed by atoms with Gasteiger partial charge in [-0.3, -0.25) is 4.79 Å². The predicted molar refractivity (Wildman–Crippen MR) is 47.0 cm³/mol. The standard InChI is InChI=1S/C8H9NO3S/c1-9-8(10)6-4-2-3-5-7(6)13(9,11)12/h2-3,5-6H,4H2,1H3. The lowest BCUT2D eigenvalue weighted by Crippen LogP contribution is -2.25. The van der Waals surface area contributed by atoms with Gasteiger partial charge in [-0.05, 0) is 12.5 Å². The van der Waals surface area contributed by atoms with Crippen LogP contribution in [0.15, 0.2) is 23.1 Å². The zero-order valence-electron chi connectivity index (χ0n) is 7.10. The van der Waals surface area contributed by atoms with Crippen molar-refractivity contribution in [1.82, 2.24) is 4.31 Å². The van der Waals surface area contributed by atoms with E-state index in [1.165, 1.54) is 13.1 Å². The molecule has 5 heteroatoms. The average Bonchev–Trinajstić information content (AvgIpc) is 2.30. The summed E-state index contributed by atoms with van der Waals surface area (Å²) in [5, 5.41) is 0. The molecule has 0 radical (unpaired) electrons. The van der Waals surface area contributed by atoms with E-state index in [2.05, 4.69) is 0 Å². The van der Waals surface area contributed by atoms with Crippen LogP contribution in [-0.2, 0) is 14.8 Å².